The van der Waals surface area contributed by atoms with Gasteiger partial charge in [-0.05, 0) is 0 Å². The first-order valence-electron chi connectivity index (χ1n) is 5.17. The number of nitrogens with one attached hydrogen (secondary N) is 1. The van der Waals surface area contributed by atoms with Gasteiger partial charge in [0.25, 0.3) is 0 Å². The highest BCUT2D eigenvalue weighted by molar-refractivity contribution is 5.82. The van der Waals surface area contributed by atoms with Crippen LogP contribution in [0.3, 0.4) is 0 Å². The number of amides is 2. The van der Waals surface area contributed by atoms with Crippen molar-refractivity contribution in [2.75, 3.05) is 19.7 Å². The molecule has 1 atom stereocenters. The Hall–Kier alpha value is -1.82. The van der Waals surface area contributed by atoms with E-state index < -0.39 is 18.0 Å². The molecule has 0 bridgehead atoms. The zero-order valence-electron chi connectivity index (χ0n) is 9.63. The topological polar surface area (TPSA) is 89.9 Å². The summed E-state index contributed by atoms with van der Waals surface area (Å²) in [5.74, 6) is -1.18. The predicted octanol–water partition coefficient (Wildman–Crippen LogP) is 0.206. The van der Waals surface area contributed by atoms with Crippen molar-refractivity contribution >= 4 is 12.0 Å². The minimum Gasteiger partial charge on any atom is -0.480 e. The van der Waals surface area contributed by atoms with Gasteiger partial charge in [-0.25, -0.2) is 9.59 Å². The van der Waals surface area contributed by atoms with Crippen molar-refractivity contribution in [1.82, 2.24) is 10.2 Å². The average molecular weight is 242 g/mol. The number of aliphatic carboxylic acids is 1. The molecule has 6 nitrogen and oxygen atoms in total. The summed E-state index contributed by atoms with van der Waals surface area (Å²) < 4.78 is 0. The summed E-state index contributed by atoms with van der Waals surface area (Å²) in [5, 5.41) is 19.8. The number of hydrogen-bond donors (Lipinski definition) is 3. The summed E-state index contributed by atoms with van der Waals surface area (Å²) in [6, 6.07) is -1.62. The van der Waals surface area contributed by atoms with Gasteiger partial charge < -0.3 is 20.4 Å². The minimum absolute atomic E-state index is 0.0307. The zero-order valence-corrected chi connectivity index (χ0v) is 9.63. The van der Waals surface area contributed by atoms with Crippen LogP contribution in [0.15, 0.2) is 25.3 Å². The average Bonchev–Trinajstić information content (AvgIpc) is 2.28. The normalized spacial score (nSPS) is 11.4. The van der Waals surface area contributed by atoms with Gasteiger partial charge in [-0.15, -0.1) is 13.2 Å². The highest BCUT2D eigenvalue weighted by atomic mass is 16.4. The number of carbonyl (C=O) groups is 2. The van der Waals surface area contributed by atoms with Crippen LogP contribution >= 0.6 is 0 Å². The molecule has 2 amide bonds. The number of carboxylic acids is 1. The van der Waals surface area contributed by atoms with Gasteiger partial charge in [-0.3, -0.25) is 0 Å². The van der Waals surface area contributed by atoms with Gasteiger partial charge in [0, 0.05) is 26.1 Å². The van der Waals surface area contributed by atoms with Crippen LogP contribution in [-0.4, -0.2) is 52.9 Å². The van der Waals surface area contributed by atoms with E-state index in [2.05, 4.69) is 18.5 Å². The van der Waals surface area contributed by atoms with Crippen LogP contribution in [0.1, 0.15) is 6.42 Å². The Kier molecular flexibility index (Phi) is 7.45. The number of carboxylic acid groups (broad SMARTS) is 1. The molecular formula is C11H18N2O4. The van der Waals surface area contributed by atoms with E-state index in [1.807, 2.05) is 0 Å². The third-order valence-corrected chi connectivity index (χ3v) is 2.00. The Balaban J connectivity index is 4.48. The molecule has 6 heteroatoms. The molecule has 0 rings (SSSR count). The third-order valence-electron chi connectivity index (χ3n) is 2.00. The van der Waals surface area contributed by atoms with Crippen LogP contribution < -0.4 is 5.32 Å². The van der Waals surface area contributed by atoms with Gasteiger partial charge >= 0.3 is 12.0 Å². The largest absolute Gasteiger partial charge is 0.480 e. The lowest BCUT2D eigenvalue weighted by atomic mass is 10.2. The minimum atomic E-state index is -1.18. The van der Waals surface area contributed by atoms with Crippen molar-refractivity contribution in [2.45, 2.75) is 12.5 Å². The zero-order chi connectivity index (χ0) is 13.3. The lowest BCUT2D eigenvalue weighted by molar-refractivity contribution is -0.139. The molecule has 0 aliphatic carbocycles. The van der Waals surface area contributed by atoms with Crippen molar-refractivity contribution in [3.05, 3.63) is 25.3 Å². The Morgan fingerprint density at radius 1 is 1.29 bits per heavy atom. The maximum atomic E-state index is 11.7. The first-order chi connectivity index (χ1) is 8.06. The van der Waals surface area contributed by atoms with Crippen LogP contribution in [0.25, 0.3) is 0 Å². The van der Waals surface area contributed by atoms with E-state index in [9.17, 15) is 9.59 Å². The van der Waals surface area contributed by atoms with Crippen LogP contribution in [0, 0.1) is 0 Å². The van der Waals surface area contributed by atoms with E-state index in [1.165, 1.54) is 17.1 Å². The van der Waals surface area contributed by atoms with Gasteiger partial charge in [0.15, 0.2) is 0 Å². The van der Waals surface area contributed by atoms with Gasteiger partial charge in [-0.2, -0.15) is 0 Å². The summed E-state index contributed by atoms with van der Waals surface area (Å²) in [5.41, 5.74) is 0. The van der Waals surface area contributed by atoms with Gasteiger partial charge in [-0.1, -0.05) is 12.2 Å². The van der Waals surface area contributed by atoms with Crippen LogP contribution in [0.4, 0.5) is 4.79 Å². The third kappa shape index (κ3) is 5.72. The monoisotopic (exact) mass is 242 g/mol. The van der Waals surface area contributed by atoms with E-state index in [0.717, 1.165) is 0 Å². The Morgan fingerprint density at radius 3 is 2.18 bits per heavy atom. The Labute approximate surface area is 100 Å². The number of aliphatic hydroxyl groups excluding tert-OH is 1. The lowest BCUT2D eigenvalue weighted by Gasteiger charge is -2.22. The fourth-order valence-corrected chi connectivity index (χ4v) is 1.18. The standard InChI is InChI=1S/C11H18N2O4/c1-3-6-13(7-4-2)11(17)12-9(5-8-14)10(15)16/h3-4,9,14H,1-2,5-8H2,(H,12,17)(H,15,16)/t9-/m1/s1. The van der Waals surface area contributed by atoms with Gasteiger partial charge in [0.05, 0.1) is 0 Å². The number of hydrogen-bond acceptors (Lipinski definition) is 3. The van der Waals surface area contributed by atoms with Gasteiger partial charge in [0.2, 0.25) is 0 Å². The van der Waals surface area contributed by atoms with Crippen LogP contribution in [0.5, 0.6) is 0 Å². The molecule has 0 fully saturated rings. The molecule has 96 valence electrons. The summed E-state index contributed by atoms with van der Waals surface area (Å²) in [6.07, 6.45) is 3.03. The summed E-state index contributed by atoms with van der Waals surface area (Å²) >= 11 is 0. The lowest BCUT2D eigenvalue weighted by Crippen LogP contribution is -2.48. The van der Waals surface area contributed by atoms with Crippen LogP contribution in [-0.2, 0) is 4.79 Å². The highest BCUT2D eigenvalue weighted by Crippen LogP contribution is 1.96. The second kappa shape index (κ2) is 8.35. The van der Waals surface area contributed by atoms with Gasteiger partial charge in [0.1, 0.15) is 6.04 Å². The first-order valence-corrected chi connectivity index (χ1v) is 5.17. The van der Waals surface area contributed by atoms with Crippen molar-refractivity contribution in [3.8, 4) is 0 Å². The number of urea groups is 1. The van der Waals surface area contributed by atoms with Crippen molar-refractivity contribution in [1.29, 1.82) is 0 Å². The molecule has 0 saturated heterocycles. The highest BCUT2D eigenvalue weighted by Gasteiger charge is 2.21. The molecule has 0 saturated carbocycles. The number of rotatable bonds is 8. The van der Waals surface area contributed by atoms with E-state index in [1.54, 1.807) is 0 Å². The van der Waals surface area contributed by atoms with E-state index in [-0.39, 0.29) is 13.0 Å². The molecule has 0 aromatic rings. The summed E-state index contributed by atoms with van der Waals surface area (Å²) in [4.78, 5) is 23.8. The second-order valence-electron chi connectivity index (χ2n) is 3.33. The van der Waals surface area contributed by atoms with Crippen molar-refractivity contribution < 1.29 is 19.8 Å². The molecular weight excluding hydrogens is 224 g/mol. The van der Waals surface area contributed by atoms with E-state index >= 15 is 0 Å². The molecule has 0 aromatic heterocycles. The van der Waals surface area contributed by atoms with Crippen LogP contribution in [0.2, 0.25) is 0 Å². The first kappa shape index (κ1) is 15.2. The predicted molar refractivity (Wildman–Crippen MR) is 63.6 cm³/mol. The number of aliphatic hydroxyl groups is 1. The molecule has 0 spiro atoms. The molecule has 0 aliphatic heterocycles. The Bertz CT molecular complexity index is 281. The SMILES string of the molecule is C=CCN(CC=C)C(=O)N[C@H](CCO)C(=O)O. The quantitative estimate of drug-likeness (QED) is 0.531. The maximum Gasteiger partial charge on any atom is 0.326 e. The van der Waals surface area contributed by atoms with Crippen molar-refractivity contribution in [2.24, 2.45) is 0 Å². The molecule has 0 radical (unpaired) electrons. The molecule has 0 aromatic carbocycles. The second-order valence-corrected chi connectivity index (χ2v) is 3.33. The number of nitrogens with zero attached hydrogens (tertiary/aromatic N) is 1. The molecule has 0 heterocycles. The fraction of sp³-hybridized carbons (Fsp3) is 0.455. The smallest absolute Gasteiger partial charge is 0.326 e. The fourth-order valence-electron chi connectivity index (χ4n) is 1.18. The van der Waals surface area contributed by atoms with E-state index in [0.29, 0.717) is 13.1 Å². The molecule has 17 heavy (non-hydrogen) atoms. The Morgan fingerprint density at radius 2 is 1.82 bits per heavy atom. The molecule has 0 aliphatic rings. The molecule has 3 N–H and O–H groups in total. The summed E-state index contributed by atoms with van der Waals surface area (Å²) in [7, 11) is 0. The van der Waals surface area contributed by atoms with Crippen molar-refractivity contribution in [3.63, 3.8) is 0 Å². The maximum absolute atomic E-state index is 11.7. The number of carbonyl (C=O) groups excluding carboxylic acids is 1. The summed E-state index contributed by atoms with van der Waals surface area (Å²) in [6.45, 7) is 7.29. The van der Waals surface area contributed by atoms with E-state index in [4.69, 9.17) is 10.2 Å². The molecule has 0 unspecified atom stereocenters.